The van der Waals surface area contributed by atoms with Gasteiger partial charge in [0.2, 0.25) is 5.91 Å². The van der Waals surface area contributed by atoms with Crippen molar-refractivity contribution in [2.24, 2.45) is 7.05 Å². The van der Waals surface area contributed by atoms with Crippen LogP contribution in [0.5, 0.6) is 0 Å². The van der Waals surface area contributed by atoms with E-state index in [0.29, 0.717) is 18.7 Å². The number of aryl methyl sites for hydroxylation is 1. The maximum absolute atomic E-state index is 13.1. The molecule has 3 aromatic rings. The van der Waals surface area contributed by atoms with Crippen LogP contribution in [0.25, 0.3) is 10.9 Å². The summed E-state index contributed by atoms with van der Waals surface area (Å²) in [5.74, 6) is -0.255. The minimum absolute atomic E-state index is 0.0833. The number of fused-ring (bicyclic) bond motifs is 2. The summed E-state index contributed by atoms with van der Waals surface area (Å²) < 4.78 is 2.11. The van der Waals surface area contributed by atoms with Gasteiger partial charge in [-0.1, -0.05) is 18.2 Å². The smallest absolute Gasteiger partial charge is 0.253 e. The first-order valence-electron chi connectivity index (χ1n) is 9.93. The number of hydrogen-bond acceptors (Lipinski definition) is 4. The number of nitrogens with one attached hydrogen (secondary N) is 1. The van der Waals surface area contributed by atoms with Crippen molar-refractivity contribution in [2.75, 3.05) is 26.0 Å². The van der Waals surface area contributed by atoms with Gasteiger partial charge in [0.15, 0.2) is 0 Å². The average Bonchev–Trinajstić information content (AvgIpc) is 3.00. The molecule has 2 amide bonds. The number of anilines is 1. The molecule has 1 aromatic heterocycles. The molecule has 7 heteroatoms. The Balaban J connectivity index is 1.57. The van der Waals surface area contributed by atoms with Crippen molar-refractivity contribution in [3.63, 3.8) is 0 Å². The molecule has 1 atom stereocenters. The van der Waals surface area contributed by atoms with Crippen LogP contribution in [0.4, 0.5) is 5.69 Å². The lowest BCUT2D eigenvalue weighted by Crippen LogP contribution is -2.40. The van der Waals surface area contributed by atoms with E-state index in [1.807, 2.05) is 31.3 Å². The van der Waals surface area contributed by atoms with Crippen LogP contribution >= 0.6 is 0 Å². The zero-order valence-electron chi connectivity index (χ0n) is 17.4. The molecule has 2 heterocycles. The molecule has 2 aromatic carbocycles. The summed E-state index contributed by atoms with van der Waals surface area (Å²) in [5, 5.41) is 13.7. The van der Waals surface area contributed by atoms with Crippen LogP contribution in [0.3, 0.4) is 0 Å². The maximum atomic E-state index is 13.1. The Morgan fingerprint density at radius 3 is 2.70 bits per heavy atom. The lowest BCUT2D eigenvalue weighted by atomic mass is 10.1. The Labute approximate surface area is 175 Å². The van der Waals surface area contributed by atoms with Crippen molar-refractivity contribution < 1.29 is 14.7 Å². The van der Waals surface area contributed by atoms with Crippen molar-refractivity contribution in [1.82, 2.24) is 14.4 Å². The van der Waals surface area contributed by atoms with Crippen LogP contribution < -0.4 is 5.32 Å². The molecular formula is C23H26N4O3. The topological polar surface area (TPSA) is 77.8 Å². The first-order valence-corrected chi connectivity index (χ1v) is 9.93. The zero-order valence-corrected chi connectivity index (χ0v) is 17.4. The molecule has 2 N–H and O–H groups in total. The lowest BCUT2D eigenvalue weighted by molar-refractivity contribution is -0.131. The average molecular weight is 406 g/mol. The molecule has 0 fully saturated rings. The fraction of sp³-hybridized carbons (Fsp3) is 0.304. The molecule has 0 radical (unpaired) electrons. The van der Waals surface area contributed by atoms with E-state index >= 15 is 0 Å². The summed E-state index contributed by atoms with van der Waals surface area (Å²) in [4.78, 5) is 28.7. The largest absolute Gasteiger partial charge is 0.394 e. The van der Waals surface area contributed by atoms with E-state index in [1.54, 1.807) is 30.0 Å². The first kappa shape index (κ1) is 20.0. The SMILES string of the molecule is CN(Cc1cc2ccccc2n1C)C(=O)c1ccc2c(c1)CN(C)C(=O)[C@@H](CO)N2. The molecule has 0 aliphatic carbocycles. The first-order chi connectivity index (χ1) is 14.4. The third-order valence-electron chi connectivity index (χ3n) is 5.74. The van der Waals surface area contributed by atoms with Crippen molar-refractivity contribution in [3.05, 3.63) is 65.4 Å². The van der Waals surface area contributed by atoms with E-state index in [1.165, 1.54) is 0 Å². The number of rotatable bonds is 4. The predicted octanol–water partition coefficient (Wildman–Crippen LogP) is 2.20. The van der Waals surface area contributed by atoms with E-state index in [0.717, 1.165) is 27.8 Å². The van der Waals surface area contributed by atoms with Crippen LogP contribution in [0.1, 0.15) is 21.6 Å². The fourth-order valence-corrected chi connectivity index (χ4v) is 4.00. The molecule has 0 saturated heterocycles. The summed E-state index contributed by atoms with van der Waals surface area (Å²) in [7, 11) is 5.50. The number of aliphatic hydroxyl groups is 1. The summed E-state index contributed by atoms with van der Waals surface area (Å²) in [5.41, 5.74) is 4.38. The number of aromatic nitrogens is 1. The van der Waals surface area contributed by atoms with Gasteiger partial charge in [-0.2, -0.15) is 0 Å². The Kier molecular flexibility index (Phi) is 5.22. The maximum Gasteiger partial charge on any atom is 0.253 e. The second-order valence-corrected chi connectivity index (χ2v) is 7.86. The van der Waals surface area contributed by atoms with Gasteiger partial charge < -0.3 is 24.8 Å². The number of carbonyl (C=O) groups is 2. The Bertz CT molecular complexity index is 1120. The zero-order chi connectivity index (χ0) is 21.4. The van der Waals surface area contributed by atoms with Crippen LogP contribution in [0, 0.1) is 0 Å². The van der Waals surface area contributed by atoms with Crippen LogP contribution in [-0.2, 0) is 24.9 Å². The van der Waals surface area contributed by atoms with E-state index in [2.05, 4.69) is 28.1 Å². The number of carbonyl (C=O) groups excluding carboxylic acids is 2. The highest BCUT2D eigenvalue weighted by Crippen LogP contribution is 2.25. The van der Waals surface area contributed by atoms with Gasteiger partial charge in [-0.25, -0.2) is 0 Å². The molecule has 156 valence electrons. The van der Waals surface area contributed by atoms with E-state index in [9.17, 15) is 14.7 Å². The number of aliphatic hydroxyl groups excluding tert-OH is 1. The highest BCUT2D eigenvalue weighted by molar-refractivity contribution is 5.95. The number of benzene rings is 2. The second kappa shape index (κ2) is 7.84. The van der Waals surface area contributed by atoms with Gasteiger partial charge in [-0.15, -0.1) is 0 Å². The van der Waals surface area contributed by atoms with Crippen LogP contribution in [0.2, 0.25) is 0 Å². The summed E-state index contributed by atoms with van der Waals surface area (Å²) in [6.07, 6.45) is 0. The van der Waals surface area contributed by atoms with Gasteiger partial charge in [0, 0.05) is 50.1 Å². The van der Waals surface area contributed by atoms with E-state index in [4.69, 9.17) is 0 Å². The monoisotopic (exact) mass is 406 g/mol. The van der Waals surface area contributed by atoms with Crippen LogP contribution in [-0.4, -0.2) is 58.0 Å². The third-order valence-corrected chi connectivity index (χ3v) is 5.74. The second-order valence-electron chi connectivity index (χ2n) is 7.86. The molecule has 0 spiro atoms. The van der Waals surface area contributed by atoms with E-state index in [-0.39, 0.29) is 18.4 Å². The van der Waals surface area contributed by atoms with Gasteiger partial charge in [0.05, 0.1) is 13.2 Å². The number of hydrogen-bond donors (Lipinski definition) is 2. The van der Waals surface area contributed by atoms with E-state index < -0.39 is 6.04 Å². The molecule has 0 unspecified atom stereocenters. The Morgan fingerprint density at radius 1 is 1.20 bits per heavy atom. The Hall–Kier alpha value is -3.32. The summed E-state index contributed by atoms with van der Waals surface area (Å²) >= 11 is 0. The Morgan fingerprint density at radius 2 is 1.97 bits per heavy atom. The molecule has 1 aliphatic rings. The minimum Gasteiger partial charge on any atom is -0.394 e. The van der Waals surface area contributed by atoms with Gasteiger partial charge in [-0.3, -0.25) is 9.59 Å². The lowest BCUT2D eigenvalue weighted by Gasteiger charge is -2.19. The summed E-state index contributed by atoms with van der Waals surface area (Å²) in [6.45, 7) is 0.590. The van der Waals surface area contributed by atoms with Gasteiger partial charge in [0.25, 0.3) is 5.91 Å². The molecule has 4 rings (SSSR count). The van der Waals surface area contributed by atoms with Gasteiger partial charge in [0.1, 0.15) is 6.04 Å². The minimum atomic E-state index is -0.674. The predicted molar refractivity (Wildman–Crippen MR) is 116 cm³/mol. The number of para-hydroxylation sites is 1. The molecule has 1 aliphatic heterocycles. The summed E-state index contributed by atoms with van der Waals surface area (Å²) in [6, 6.07) is 15.0. The van der Waals surface area contributed by atoms with Gasteiger partial charge in [-0.05, 0) is 41.3 Å². The van der Waals surface area contributed by atoms with Crippen molar-refractivity contribution >= 4 is 28.4 Å². The molecule has 30 heavy (non-hydrogen) atoms. The normalized spacial score (nSPS) is 16.2. The molecular weight excluding hydrogens is 380 g/mol. The van der Waals surface area contributed by atoms with Crippen molar-refractivity contribution in [3.8, 4) is 0 Å². The molecule has 7 nitrogen and oxygen atoms in total. The highest BCUT2D eigenvalue weighted by atomic mass is 16.3. The quantitative estimate of drug-likeness (QED) is 0.696. The molecule has 0 bridgehead atoms. The van der Waals surface area contributed by atoms with Crippen molar-refractivity contribution in [1.29, 1.82) is 0 Å². The van der Waals surface area contributed by atoms with Crippen LogP contribution in [0.15, 0.2) is 48.5 Å². The number of likely N-dealkylation sites (N-methyl/N-ethyl adjacent to an activating group) is 1. The highest BCUT2D eigenvalue weighted by Gasteiger charge is 2.27. The number of nitrogens with zero attached hydrogens (tertiary/aromatic N) is 3. The van der Waals surface area contributed by atoms with Gasteiger partial charge >= 0.3 is 0 Å². The number of amides is 2. The fourth-order valence-electron chi connectivity index (χ4n) is 4.00. The van der Waals surface area contributed by atoms with Crippen molar-refractivity contribution in [2.45, 2.75) is 19.1 Å². The third kappa shape index (κ3) is 3.52. The molecule has 0 saturated carbocycles. The standard InChI is InChI=1S/C23H26N4O3/c1-25-12-17-10-16(8-9-19(17)24-20(14-28)23(25)30)22(29)26(2)13-18-11-15-6-4-5-7-21(15)27(18)3/h4-11,20,24,28H,12-14H2,1-3H3/t20-/m1/s1.